The number of hydrogen-bond donors (Lipinski definition) is 0. The van der Waals surface area contributed by atoms with E-state index in [4.69, 9.17) is 0 Å². The van der Waals surface area contributed by atoms with Crippen molar-refractivity contribution in [2.24, 2.45) is 14.1 Å². The van der Waals surface area contributed by atoms with Crippen LogP contribution in [0.1, 0.15) is 27.7 Å². The fourth-order valence-electron chi connectivity index (χ4n) is 2.00. The Morgan fingerprint density at radius 3 is 2.00 bits per heavy atom. The van der Waals surface area contributed by atoms with Gasteiger partial charge in [-0.2, -0.15) is 0 Å². The Balaban J connectivity index is 3.11. The lowest BCUT2D eigenvalue weighted by molar-refractivity contribution is -0.652. The molecule has 0 N–H and O–H groups in total. The second-order valence-corrected chi connectivity index (χ2v) is 7.69. The Labute approximate surface area is 88.7 Å². The number of hydrogen-bond acceptors (Lipinski definition) is 0. The Hall–Kier alpha value is -0.360. The average Bonchev–Trinajstić information content (AvgIpc) is 2.34. The number of aryl methyl sites for hydroxylation is 2. The van der Waals surface area contributed by atoms with Gasteiger partial charge in [0.1, 0.15) is 12.4 Å². The van der Waals surface area contributed by atoms with Gasteiger partial charge in [-0.25, -0.2) is 9.13 Å². The Kier molecular flexibility index (Phi) is 3.71. The first kappa shape index (κ1) is 11.7. The van der Waals surface area contributed by atoms with Crippen molar-refractivity contribution in [1.29, 1.82) is 0 Å². The van der Waals surface area contributed by atoms with E-state index in [1.54, 1.807) is 0 Å². The van der Waals surface area contributed by atoms with Crippen molar-refractivity contribution in [3.8, 4) is 0 Å². The van der Waals surface area contributed by atoms with Gasteiger partial charge in [-0.1, -0.05) is 27.7 Å². The van der Waals surface area contributed by atoms with E-state index in [-0.39, 0.29) is 7.92 Å². The van der Waals surface area contributed by atoms with Crippen molar-refractivity contribution in [1.82, 2.24) is 4.57 Å². The molecule has 0 spiro atoms. The maximum absolute atomic E-state index is 2.33. The predicted octanol–water partition coefficient (Wildman–Crippen LogP) is 1.77. The molecule has 14 heavy (non-hydrogen) atoms. The molecule has 0 saturated heterocycles. The third-order valence-electron chi connectivity index (χ3n) is 2.49. The van der Waals surface area contributed by atoms with Crippen molar-refractivity contribution < 1.29 is 4.57 Å². The zero-order chi connectivity index (χ0) is 10.9. The minimum absolute atomic E-state index is 0.0525. The summed E-state index contributed by atoms with van der Waals surface area (Å²) in [6, 6.07) is 0. The quantitative estimate of drug-likeness (QED) is 0.534. The summed E-state index contributed by atoms with van der Waals surface area (Å²) in [5.74, 6) is 0. The molecule has 3 heteroatoms. The lowest BCUT2D eigenvalue weighted by Crippen LogP contribution is -2.46. The minimum atomic E-state index is -0.0525. The number of rotatable bonds is 3. The van der Waals surface area contributed by atoms with Crippen molar-refractivity contribution >= 4 is 13.5 Å². The monoisotopic (exact) mass is 213 g/mol. The van der Waals surface area contributed by atoms with Gasteiger partial charge in [0.05, 0.1) is 14.1 Å². The molecule has 0 bridgehead atoms. The van der Waals surface area contributed by atoms with E-state index in [0.717, 1.165) is 11.3 Å². The van der Waals surface area contributed by atoms with Crippen molar-refractivity contribution in [2.75, 3.05) is 0 Å². The summed E-state index contributed by atoms with van der Waals surface area (Å²) in [5, 5.41) is 0. The molecule has 0 aromatic carbocycles. The summed E-state index contributed by atoms with van der Waals surface area (Å²) in [4.78, 5) is 0. The van der Waals surface area contributed by atoms with Gasteiger partial charge < -0.3 is 0 Å². The molecule has 1 aromatic heterocycles. The van der Waals surface area contributed by atoms with Crippen LogP contribution in [0, 0.1) is 0 Å². The normalized spacial score (nSPS) is 12.1. The lowest BCUT2D eigenvalue weighted by atomic mass is 10.5. The molecule has 0 atom stereocenters. The van der Waals surface area contributed by atoms with Crippen LogP contribution in [0.2, 0.25) is 0 Å². The molecule has 0 unspecified atom stereocenters. The molecule has 0 aliphatic rings. The van der Waals surface area contributed by atoms with Crippen LogP contribution < -0.4 is 10.1 Å². The van der Waals surface area contributed by atoms with Crippen molar-refractivity contribution in [3.05, 3.63) is 12.4 Å². The van der Waals surface area contributed by atoms with Crippen LogP contribution in [0.3, 0.4) is 0 Å². The van der Waals surface area contributed by atoms with Gasteiger partial charge in [-0.05, 0) is 11.3 Å². The molecule has 1 rings (SSSR count). The molecule has 80 valence electrons. The average molecular weight is 213 g/mol. The minimum Gasteiger partial charge on any atom is -0.233 e. The lowest BCUT2D eigenvalue weighted by Gasteiger charge is -2.22. The zero-order valence-electron chi connectivity index (χ0n) is 10.2. The number of imidazole rings is 1. The second kappa shape index (κ2) is 4.44. The third kappa shape index (κ3) is 2.17. The van der Waals surface area contributed by atoms with Gasteiger partial charge in [0.15, 0.2) is 0 Å². The van der Waals surface area contributed by atoms with Gasteiger partial charge >= 0.3 is 0 Å². The summed E-state index contributed by atoms with van der Waals surface area (Å²) in [5.41, 5.74) is 3.00. The van der Waals surface area contributed by atoms with E-state index in [1.807, 2.05) is 0 Å². The van der Waals surface area contributed by atoms with E-state index in [1.165, 1.54) is 5.57 Å². The highest BCUT2D eigenvalue weighted by Crippen LogP contribution is 2.43. The molecule has 0 radical (unpaired) electrons. The second-order valence-electron chi connectivity index (χ2n) is 4.41. The molecule has 1 aromatic rings. The third-order valence-corrected chi connectivity index (χ3v) is 5.81. The van der Waals surface area contributed by atoms with E-state index in [2.05, 4.69) is 63.3 Å². The molecular weight excluding hydrogens is 191 g/mol. The fraction of sp³-hybridized carbons (Fsp3) is 0.727. The Bertz CT molecular complexity index is 275. The van der Waals surface area contributed by atoms with Gasteiger partial charge in [0.2, 0.25) is 0 Å². The first-order chi connectivity index (χ1) is 6.45. The standard InChI is InChI=1S/C11H22N2P/c1-9(2)14(10(3)4)11-12(5)7-8-13(11)6/h7-10H,1-6H3/q+1. The number of nitrogens with zero attached hydrogens (tertiary/aromatic N) is 2. The highest BCUT2D eigenvalue weighted by molar-refractivity contribution is 7.66. The molecular formula is C11H22N2P+. The Morgan fingerprint density at radius 2 is 1.71 bits per heavy atom. The van der Waals surface area contributed by atoms with Gasteiger partial charge in [-0.3, -0.25) is 0 Å². The van der Waals surface area contributed by atoms with Crippen LogP contribution >= 0.6 is 7.92 Å². The fourth-order valence-corrected chi connectivity index (χ4v) is 4.98. The molecule has 0 amide bonds. The summed E-state index contributed by atoms with van der Waals surface area (Å²) in [6.07, 6.45) is 4.30. The molecule has 2 nitrogen and oxygen atoms in total. The highest BCUT2D eigenvalue weighted by atomic mass is 31.1. The largest absolute Gasteiger partial charge is 0.276 e. The van der Waals surface area contributed by atoms with E-state index >= 15 is 0 Å². The molecule has 0 aliphatic carbocycles. The van der Waals surface area contributed by atoms with Crippen molar-refractivity contribution in [2.45, 2.75) is 39.0 Å². The van der Waals surface area contributed by atoms with E-state index in [9.17, 15) is 0 Å². The van der Waals surface area contributed by atoms with Crippen LogP contribution in [0.15, 0.2) is 12.4 Å². The SMILES string of the molecule is CC(C)P(c1n(C)cc[n+]1C)C(C)C. The first-order valence-corrected chi connectivity index (χ1v) is 6.72. The van der Waals surface area contributed by atoms with Crippen LogP contribution in [-0.2, 0) is 14.1 Å². The summed E-state index contributed by atoms with van der Waals surface area (Å²) in [6.45, 7) is 9.33. The van der Waals surface area contributed by atoms with E-state index in [0.29, 0.717) is 0 Å². The topological polar surface area (TPSA) is 8.81 Å². The molecule has 0 aliphatic heterocycles. The first-order valence-electron chi connectivity index (χ1n) is 5.24. The summed E-state index contributed by atoms with van der Waals surface area (Å²) in [7, 11) is 4.24. The predicted molar refractivity (Wildman–Crippen MR) is 63.4 cm³/mol. The smallest absolute Gasteiger partial charge is 0.233 e. The van der Waals surface area contributed by atoms with Gasteiger partial charge in [0, 0.05) is 7.92 Å². The van der Waals surface area contributed by atoms with E-state index < -0.39 is 0 Å². The summed E-state index contributed by atoms with van der Waals surface area (Å²) >= 11 is 0. The molecule has 0 saturated carbocycles. The van der Waals surface area contributed by atoms with Crippen LogP contribution in [0.25, 0.3) is 0 Å². The highest BCUT2D eigenvalue weighted by Gasteiger charge is 2.29. The zero-order valence-corrected chi connectivity index (χ0v) is 11.0. The van der Waals surface area contributed by atoms with Gasteiger partial charge in [0.25, 0.3) is 5.57 Å². The Morgan fingerprint density at radius 1 is 1.21 bits per heavy atom. The molecule has 1 heterocycles. The van der Waals surface area contributed by atoms with Crippen molar-refractivity contribution in [3.63, 3.8) is 0 Å². The van der Waals surface area contributed by atoms with Crippen LogP contribution in [0.4, 0.5) is 0 Å². The van der Waals surface area contributed by atoms with Crippen LogP contribution in [-0.4, -0.2) is 15.9 Å². The number of aromatic nitrogens is 2. The maximum atomic E-state index is 2.33. The maximum Gasteiger partial charge on any atom is 0.276 e. The van der Waals surface area contributed by atoms with Crippen LogP contribution in [0.5, 0.6) is 0 Å². The summed E-state index contributed by atoms with van der Waals surface area (Å²) < 4.78 is 4.54. The van der Waals surface area contributed by atoms with Gasteiger partial charge in [-0.15, -0.1) is 0 Å². The molecule has 0 fully saturated rings.